The van der Waals surface area contributed by atoms with E-state index in [-0.39, 0.29) is 30.7 Å². The van der Waals surface area contributed by atoms with Crippen LogP contribution in [0.1, 0.15) is 45.3 Å². The zero-order valence-corrected chi connectivity index (χ0v) is 18.7. The molecular weight excluding hydrogens is 412 g/mol. The van der Waals surface area contributed by atoms with Crippen LogP contribution in [0.15, 0.2) is 53.2 Å². The lowest BCUT2D eigenvalue weighted by Crippen LogP contribution is -2.40. The number of hydrogen-bond donors (Lipinski definition) is 1. The molecule has 1 N–H and O–H groups in total. The third-order valence-electron chi connectivity index (χ3n) is 5.48. The Balaban J connectivity index is 1.39. The number of carbonyl (C=O) groups is 2. The van der Waals surface area contributed by atoms with Gasteiger partial charge in [-0.1, -0.05) is 35.9 Å². The average molecular weight is 439 g/mol. The fourth-order valence-corrected chi connectivity index (χ4v) is 5.63. The summed E-state index contributed by atoms with van der Waals surface area (Å²) in [7, 11) is 0. The first-order chi connectivity index (χ1) is 14.6. The molecule has 0 radical (unpaired) electrons. The second-order valence-electron chi connectivity index (χ2n) is 7.63. The smallest absolute Gasteiger partial charge is 0.223 e. The summed E-state index contributed by atoms with van der Waals surface area (Å²) in [5, 5.41) is 7.09. The van der Waals surface area contributed by atoms with Crippen molar-refractivity contribution in [2.45, 2.75) is 38.6 Å². The molecule has 1 unspecified atom stereocenters. The fraction of sp³-hybridized carbons (Fsp3) is 0.333. The van der Waals surface area contributed by atoms with Crippen LogP contribution in [0.2, 0.25) is 0 Å². The number of hydrogen-bond acceptors (Lipinski definition) is 4. The van der Waals surface area contributed by atoms with Crippen LogP contribution in [0.3, 0.4) is 0 Å². The highest BCUT2D eigenvalue weighted by Gasteiger charge is 2.32. The van der Waals surface area contributed by atoms with E-state index in [4.69, 9.17) is 0 Å². The second kappa shape index (κ2) is 9.58. The summed E-state index contributed by atoms with van der Waals surface area (Å²) in [4.78, 5) is 29.9. The molecular formula is C24H26N2O2S2. The van der Waals surface area contributed by atoms with Gasteiger partial charge in [0.2, 0.25) is 11.8 Å². The van der Waals surface area contributed by atoms with Gasteiger partial charge in [0.05, 0.1) is 6.04 Å². The topological polar surface area (TPSA) is 49.4 Å². The van der Waals surface area contributed by atoms with Crippen molar-refractivity contribution in [3.05, 3.63) is 79.7 Å². The van der Waals surface area contributed by atoms with Crippen LogP contribution < -0.4 is 5.32 Å². The summed E-state index contributed by atoms with van der Waals surface area (Å²) in [6.07, 6.45) is 2.19. The Hall–Kier alpha value is -2.44. The Morgan fingerprint density at radius 1 is 1.10 bits per heavy atom. The van der Waals surface area contributed by atoms with E-state index in [0.717, 1.165) is 18.4 Å². The van der Waals surface area contributed by atoms with Crippen molar-refractivity contribution in [3.8, 4) is 0 Å². The van der Waals surface area contributed by atoms with Gasteiger partial charge < -0.3 is 10.2 Å². The third-order valence-corrected chi connectivity index (χ3v) is 7.42. The predicted octanol–water partition coefficient (Wildman–Crippen LogP) is 4.73. The quantitative estimate of drug-likeness (QED) is 0.580. The minimum absolute atomic E-state index is 0.0479. The maximum atomic E-state index is 13.1. The van der Waals surface area contributed by atoms with Gasteiger partial charge in [0.15, 0.2) is 0 Å². The molecule has 0 bridgehead atoms. The predicted molar refractivity (Wildman–Crippen MR) is 123 cm³/mol. The zero-order valence-electron chi connectivity index (χ0n) is 17.1. The van der Waals surface area contributed by atoms with Gasteiger partial charge in [-0.05, 0) is 53.8 Å². The molecule has 2 amide bonds. The Morgan fingerprint density at radius 3 is 2.80 bits per heavy atom. The molecule has 2 aromatic heterocycles. The highest BCUT2D eigenvalue weighted by Crippen LogP contribution is 2.38. The van der Waals surface area contributed by atoms with Gasteiger partial charge in [0, 0.05) is 35.7 Å². The minimum atomic E-state index is -0.0608. The van der Waals surface area contributed by atoms with E-state index < -0.39 is 0 Å². The summed E-state index contributed by atoms with van der Waals surface area (Å²) in [5.41, 5.74) is 3.56. The zero-order chi connectivity index (χ0) is 20.9. The van der Waals surface area contributed by atoms with Gasteiger partial charge >= 0.3 is 0 Å². The average Bonchev–Trinajstić information content (AvgIpc) is 3.43. The lowest BCUT2D eigenvalue weighted by atomic mass is 9.92. The highest BCUT2D eigenvalue weighted by molar-refractivity contribution is 7.10. The Morgan fingerprint density at radius 2 is 2.00 bits per heavy atom. The first-order valence-corrected chi connectivity index (χ1v) is 12.1. The molecule has 3 aromatic rings. The maximum absolute atomic E-state index is 13.1. The van der Waals surface area contributed by atoms with Crippen molar-refractivity contribution in [2.75, 3.05) is 13.1 Å². The monoisotopic (exact) mass is 438 g/mol. The van der Waals surface area contributed by atoms with Crippen LogP contribution in [0.25, 0.3) is 0 Å². The number of carbonyl (C=O) groups excluding carboxylic acids is 2. The molecule has 6 heteroatoms. The molecule has 30 heavy (non-hydrogen) atoms. The maximum Gasteiger partial charge on any atom is 0.223 e. The van der Waals surface area contributed by atoms with Crippen molar-refractivity contribution in [3.63, 3.8) is 0 Å². The van der Waals surface area contributed by atoms with Crippen molar-refractivity contribution in [2.24, 2.45) is 0 Å². The van der Waals surface area contributed by atoms with Gasteiger partial charge in [-0.3, -0.25) is 9.59 Å². The molecule has 0 aliphatic carbocycles. The molecule has 0 fully saturated rings. The van der Waals surface area contributed by atoms with E-state index in [1.807, 2.05) is 16.3 Å². The molecule has 0 saturated carbocycles. The first kappa shape index (κ1) is 20.8. The summed E-state index contributed by atoms with van der Waals surface area (Å²) >= 11 is 3.46. The molecule has 4 nitrogen and oxygen atoms in total. The molecule has 1 aliphatic rings. The number of rotatable bonds is 7. The van der Waals surface area contributed by atoms with Crippen molar-refractivity contribution in [1.82, 2.24) is 10.2 Å². The van der Waals surface area contributed by atoms with E-state index >= 15 is 0 Å². The largest absolute Gasteiger partial charge is 0.356 e. The van der Waals surface area contributed by atoms with Gasteiger partial charge in [0.1, 0.15) is 0 Å². The Bertz CT molecular complexity index is 1010. The van der Waals surface area contributed by atoms with E-state index in [0.29, 0.717) is 13.1 Å². The van der Waals surface area contributed by atoms with Crippen molar-refractivity contribution < 1.29 is 9.59 Å². The van der Waals surface area contributed by atoms with Crippen LogP contribution in [0.5, 0.6) is 0 Å². The highest BCUT2D eigenvalue weighted by atomic mass is 32.1. The van der Waals surface area contributed by atoms with Gasteiger partial charge in [-0.25, -0.2) is 0 Å². The molecule has 1 aliphatic heterocycles. The molecule has 0 saturated heterocycles. The van der Waals surface area contributed by atoms with Crippen LogP contribution in [-0.2, 0) is 22.4 Å². The SMILES string of the molecule is Cc1cccc(C2c3ccsc3CCN2C(=O)CCC(=O)NCCc2cccs2)c1. The minimum Gasteiger partial charge on any atom is -0.356 e. The molecule has 1 atom stereocenters. The second-order valence-corrected chi connectivity index (χ2v) is 9.67. The van der Waals surface area contributed by atoms with Gasteiger partial charge in [-0.15, -0.1) is 22.7 Å². The Kier molecular flexibility index (Phi) is 6.65. The number of nitrogens with one attached hydrogen (secondary N) is 1. The Labute approximate surface area is 185 Å². The number of aryl methyl sites for hydroxylation is 1. The molecule has 4 rings (SSSR count). The van der Waals surface area contributed by atoms with E-state index in [9.17, 15) is 9.59 Å². The fourth-order valence-electron chi connectivity index (χ4n) is 4.02. The van der Waals surface area contributed by atoms with Crippen molar-refractivity contribution in [1.29, 1.82) is 0 Å². The number of thiophene rings is 2. The summed E-state index contributed by atoms with van der Waals surface area (Å²) < 4.78 is 0. The first-order valence-electron chi connectivity index (χ1n) is 10.3. The molecule has 3 heterocycles. The van der Waals surface area contributed by atoms with E-state index in [2.05, 4.69) is 54.0 Å². The lowest BCUT2D eigenvalue weighted by molar-refractivity contribution is -0.135. The van der Waals surface area contributed by atoms with Crippen LogP contribution in [0, 0.1) is 6.92 Å². The summed E-state index contributed by atoms with van der Waals surface area (Å²) in [6.45, 7) is 3.39. The van der Waals surface area contributed by atoms with E-state index in [1.165, 1.54) is 20.9 Å². The standard InChI is InChI=1S/C24H26N2O2S2/c1-17-4-2-5-18(16-17)24-20-11-15-30-21(20)10-13-26(24)23(28)8-7-22(27)25-12-9-19-6-3-14-29-19/h2-6,11,14-16,24H,7-10,12-13H2,1H3,(H,25,27). The number of amides is 2. The van der Waals surface area contributed by atoms with Crippen LogP contribution in [0.4, 0.5) is 0 Å². The number of benzene rings is 1. The van der Waals surface area contributed by atoms with Crippen molar-refractivity contribution >= 4 is 34.5 Å². The third kappa shape index (κ3) is 4.82. The number of fused-ring (bicyclic) bond motifs is 1. The van der Waals surface area contributed by atoms with E-state index in [1.54, 1.807) is 22.7 Å². The normalized spacial score (nSPS) is 15.6. The van der Waals surface area contributed by atoms with Gasteiger partial charge in [-0.2, -0.15) is 0 Å². The van der Waals surface area contributed by atoms with Crippen LogP contribution >= 0.6 is 22.7 Å². The summed E-state index contributed by atoms with van der Waals surface area (Å²) in [5.74, 6) is -0.00740. The molecule has 156 valence electrons. The summed E-state index contributed by atoms with van der Waals surface area (Å²) in [6, 6.07) is 14.6. The number of nitrogens with zero attached hydrogens (tertiary/aromatic N) is 1. The van der Waals surface area contributed by atoms with Crippen LogP contribution in [-0.4, -0.2) is 29.8 Å². The molecule has 0 spiro atoms. The molecule has 1 aromatic carbocycles. The lowest BCUT2D eigenvalue weighted by Gasteiger charge is -2.36. The van der Waals surface area contributed by atoms with Gasteiger partial charge in [0.25, 0.3) is 0 Å².